The summed E-state index contributed by atoms with van der Waals surface area (Å²) in [7, 11) is 0. The van der Waals surface area contributed by atoms with E-state index in [0.717, 1.165) is 21.1 Å². The first kappa shape index (κ1) is 16.6. The molecule has 0 unspecified atom stereocenters. The van der Waals surface area contributed by atoms with Gasteiger partial charge in [-0.05, 0) is 26.3 Å². The molecule has 6 heteroatoms. The Bertz CT molecular complexity index is 737. The predicted octanol–water partition coefficient (Wildman–Crippen LogP) is 2.52. The van der Waals surface area contributed by atoms with Gasteiger partial charge < -0.3 is 9.80 Å². The second-order valence-corrected chi connectivity index (χ2v) is 7.41. The van der Waals surface area contributed by atoms with Gasteiger partial charge in [-0.25, -0.2) is 4.98 Å². The smallest absolute Gasteiger partial charge is 0.245 e. The van der Waals surface area contributed by atoms with Crippen molar-refractivity contribution in [2.45, 2.75) is 39.9 Å². The van der Waals surface area contributed by atoms with E-state index >= 15 is 0 Å². The Balaban J connectivity index is 1.72. The van der Waals surface area contributed by atoms with Gasteiger partial charge in [0.25, 0.3) is 0 Å². The van der Waals surface area contributed by atoms with Gasteiger partial charge >= 0.3 is 0 Å². The minimum absolute atomic E-state index is 0.0107. The summed E-state index contributed by atoms with van der Waals surface area (Å²) in [6, 6.07) is 9.29. The molecule has 24 heavy (non-hydrogen) atoms. The lowest BCUT2D eigenvalue weighted by molar-refractivity contribution is -0.156. The third kappa shape index (κ3) is 3.33. The molecule has 0 aliphatic carbocycles. The highest BCUT2D eigenvalue weighted by molar-refractivity contribution is 7.11. The van der Waals surface area contributed by atoms with E-state index in [4.69, 9.17) is 0 Å². The van der Waals surface area contributed by atoms with Gasteiger partial charge in [-0.3, -0.25) is 9.59 Å². The minimum Gasteiger partial charge on any atom is -0.327 e. The number of rotatable bonds is 4. The SMILES string of the molecule is Cc1nc(CN2C(=O)CN(Cc3ccccc3)C(=O)[C@@H]2C)sc1C. The molecule has 0 radical (unpaired) electrons. The number of benzene rings is 1. The van der Waals surface area contributed by atoms with Crippen molar-refractivity contribution < 1.29 is 9.59 Å². The van der Waals surface area contributed by atoms with E-state index < -0.39 is 6.04 Å². The molecule has 3 rings (SSSR count). The topological polar surface area (TPSA) is 53.5 Å². The van der Waals surface area contributed by atoms with E-state index in [-0.39, 0.29) is 18.4 Å². The monoisotopic (exact) mass is 343 g/mol. The van der Waals surface area contributed by atoms with Crippen LogP contribution in [0.15, 0.2) is 30.3 Å². The normalized spacial score (nSPS) is 18.4. The van der Waals surface area contributed by atoms with Crippen LogP contribution in [0, 0.1) is 13.8 Å². The third-order valence-electron chi connectivity index (χ3n) is 4.38. The van der Waals surface area contributed by atoms with Gasteiger partial charge in [-0.2, -0.15) is 0 Å². The first-order chi connectivity index (χ1) is 11.5. The van der Waals surface area contributed by atoms with Crippen LogP contribution in [0.5, 0.6) is 0 Å². The van der Waals surface area contributed by atoms with E-state index in [0.29, 0.717) is 13.1 Å². The lowest BCUT2D eigenvalue weighted by Gasteiger charge is -2.38. The lowest BCUT2D eigenvalue weighted by Crippen LogP contribution is -2.57. The van der Waals surface area contributed by atoms with Crippen molar-refractivity contribution in [1.29, 1.82) is 0 Å². The zero-order valence-electron chi connectivity index (χ0n) is 14.2. The summed E-state index contributed by atoms with van der Waals surface area (Å²) in [5.74, 6) is -0.0352. The summed E-state index contributed by atoms with van der Waals surface area (Å²) in [4.78, 5) is 34.1. The molecule has 1 aromatic carbocycles. The van der Waals surface area contributed by atoms with Crippen LogP contribution in [0.4, 0.5) is 0 Å². The molecule has 126 valence electrons. The van der Waals surface area contributed by atoms with Crippen molar-refractivity contribution in [3.63, 3.8) is 0 Å². The Morgan fingerprint density at radius 2 is 1.88 bits per heavy atom. The van der Waals surface area contributed by atoms with Crippen LogP contribution in [0.2, 0.25) is 0 Å². The summed E-state index contributed by atoms with van der Waals surface area (Å²) in [6.45, 7) is 6.78. The van der Waals surface area contributed by atoms with E-state index in [9.17, 15) is 9.59 Å². The van der Waals surface area contributed by atoms with E-state index in [1.54, 1.807) is 28.1 Å². The van der Waals surface area contributed by atoms with Crippen LogP contribution in [-0.2, 0) is 22.7 Å². The predicted molar refractivity (Wildman–Crippen MR) is 93.5 cm³/mol. The van der Waals surface area contributed by atoms with Crippen molar-refractivity contribution in [3.8, 4) is 0 Å². The van der Waals surface area contributed by atoms with Gasteiger partial charge in [-0.1, -0.05) is 30.3 Å². The quantitative estimate of drug-likeness (QED) is 0.857. The van der Waals surface area contributed by atoms with E-state index in [1.807, 2.05) is 44.2 Å². The van der Waals surface area contributed by atoms with Gasteiger partial charge in [-0.15, -0.1) is 11.3 Å². The number of amides is 2. The Labute approximate surface area is 145 Å². The van der Waals surface area contributed by atoms with Gasteiger partial charge in [0.05, 0.1) is 12.2 Å². The van der Waals surface area contributed by atoms with Gasteiger partial charge in [0.1, 0.15) is 17.6 Å². The number of hydrogen-bond donors (Lipinski definition) is 0. The molecule has 2 heterocycles. The number of carbonyl (C=O) groups is 2. The molecule has 2 aromatic rings. The molecule has 0 N–H and O–H groups in total. The molecule has 1 aromatic heterocycles. The molecule has 2 amide bonds. The first-order valence-corrected chi connectivity index (χ1v) is 8.82. The average molecular weight is 343 g/mol. The molecule has 1 atom stereocenters. The lowest BCUT2D eigenvalue weighted by atomic mass is 10.1. The molecule has 1 aliphatic rings. The van der Waals surface area contributed by atoms with Crippen LogP contribution >= 0.6 is 11.3 Å². The number of piperazine rings is 1. The van der Waals surface area contributed by atoms with Crippen molar-refractivity contribution in [2.24, 2.45) is 0 Å². The summed E-state index contributed by atoms with van der Waals surface area (Å²) >= 11 is 1.59. The molecule has 5 nitrogen and oxygen atoms in total. The Morgan fingerprint density at radius 1 is 1.17 bits per heavy atom. The number of aryl methyl sites for hydroxylation is 2. The van der Waals surface area contributed by atoms with Crippen molar-refractivity contribution >= 4 is 23.2 Å². The van der Waals surface area contributed by atoms with Crippen LogP contribution in [-0.4, -0.2) is 39.2 Å². The van der Waals surface area contributed by atoms with Gasteiger partial charge in [0.15, 0.2) is 0 Å². The third-order valence-corrected chi connectivity index (χ3v) is 5.44. The van der Waals surface area contributed by atoms with Crippen molar-refractivity contribution in [3.05, 3.63) is 51.5 Å². The maximum absolute atomic E-state index is 12.7. The zero-order chi connectivity index (χ0) is 17.3. The molecular formula is C18H21N3O2S. The van der Waals surface area contributed by atoms with Crippen LogP contribution in [0.1, 0.15) is 28.1 Å². The standard InChI is InChI=1S/C18H21N3O2S/c1-12-14(3)24-16(19-12)10-21-13(2)18(23)20(11-17(21)22)9-15-7-5-4-6-8-15/h4-8,13H,9-11H2,1-3H3/t13-/m0/s1. The highest BCUT2D eigenvalue weighted by Crippen LogP contribution is 2.22. The minimum atomic E-state index is -0.459. The Hall–Kier alpha value is -2.21. The molecule has 1 aliphatic heterocycles. The maximum atomic E-state index is 12.7. The average Bonchev–Trinajstić information content (AvgIpc) is 2.88. The fourth-order valence-electron chi connectivity index (χ4n) is 2.86. The molecule has 1 saturated heterocycles. The molecule has 1 fully saturated rings. The Morgan fingerprint density at radius 3 is 2.50 bits per heavy atom. The fourth-order valence-corrected chi connectivity index (χ4v) is 3.79. The van der Waals surface area contributed by atoms with Crippen LogP contribution in [0.25, 0.3) is 0 Å². The second kappa shape index (κ2) is 6.73. The number of aromatic nitrogens is 1. The molecule has 0 saturated carbocycles. The van der Waals surface area contributed by atoms with Gasteiger partial charge in [0.2, 0.25) is 11.8 Å². The number of nitrogens with zero attached hydrogens (tertiary/aromatic N) is 3. The summed E-state index contributed by atoms with van der Waals surface area (Å²) < 4.78 is 0. The first-order valence-electron chi connectivity index (χ1n) is 8.01. The fraction of sp³-hybridized carbons (Fsp3) is 0.389. The summed E-state index contributed by atoms with van der Waals surface area (Å²) in [6.07, 6.45) is 0. The van der Waals surface area contributed by atoms with E-state index in [2.05, 4.69) is 4.98 Å². The summed E-state index contributed by atoms with van der Waals surface area (Å²) in [5.41, 5.74) is 2.02. The number of carbonyl (C=O) groups excluding carboxylic acids is 2. The Kier molecular flexibility index (Phi) is 4.66. The molecule has 0 bridgehead atoms. The molecular weight excluding hydrogens is 322 g/mol. The number of hydrogen-bond acceptors (Lipinski definition) is 4. The maximum Gasteiger partial charge on any atom is 0.245 e. The van der Waals surface area contributed by atoms with Gasteiger partial charge in [0, 0.05) is 11.4 Å². The molecule has 0 spiro atoms. The highest BCUT2D eigenvalue weighted by Gasteiger charge is 2.36. The van der Waals surface area contributed by atoms with Crippen LogP contribution < -0.4 is 0 Å². The van der Waals surface area contributed by atoms with Crippen molar-refractivity contribution in [1.82, 2.24) is 14.8 Å². The second-order valence-electron chi connectivity index (χ2n) is 6.13. The zero-order valence-corrected chi connectivity index (χ0v) is 15.0. The highest BCUT2D eigenvalue weighted by atomic mass is 32.1. The van der Waals surface area contributed by atoms with Crippen LogP contribution in [0.3, 0.4) is 0 Å². The number of thiazole rings is 1. The van der Waals surface area contributed by atoms with E-state index in [1.165, 1.54) is 0 Å². The van der Waals surface area contributed by atoms with Crippen molar-refractivity contribution in [2.75, 3.05) is 6.54 Å². The largest absolute Gasteiger partial charge is 0.327 e. The summed E-state index contributed by atoms with van der Waals surface area (Å²) in [5, 5.41) is 0.884.